The van der Waals surface area contributed by atoms with Crippen LogP contribution in [0.5, 0.6) is 0 Å². The van der Waals surface area contributed by atoms with Crippen LogP contribution in [0.3, 0.4) is 0 Å². The van der Waals surface area contributed by atoms with E-state index in [0.29, 0.717) is 10.5 Å². The molecule has 4 nitrogen and oxygen atoms in total. The Balaban J connectivity index is 1.96. The first-order chi connectivity index (χ1) is 7.66. The van der Waals surface area contributed by atoms with Crippen LogP contribution >= 0.6 is 15.9 Å². The van der Waals surface area contributed by atoms with E-state index in [-0.39, 0.29) is 11.9 Å². The fourth-order valence-corrected chi connectivity index (χ4v) is 2.75. The molecule has 1 heterocycles. The van der Waals surface area contributed by atoms with Gasteiger partial charge in [-0.15, -0.1) is 0 Å². The van der Waals surface area contributed by atoms with E-state index in [1.807, 2.05) is 7.05 Å². The number of rotatable bonds is 2. The van der Waals surface area contributed by atoms with E-state index in [9.17, 15) is 4.79 Å². The second-order valence-electron chi connectivity index (χ2n) is 4.26. The molecule has 2 unspecified atom stereocenters. The van der Waals surface area contributed by atoms with Crippen molar-refractivity contribution in [3.63, 3.8) is 0 Å². The number of carbonyl (C=O) groups excluding carboxylic acids is 1. The minimum absolute atomic E-state index is 0.0723. The summed E-state index contributed by atoms with van der Waals surface area (Å²) in [7, 11) is 1.81. The molecule has 2 rings (SSSR count). The Morgan fingerprint density at radius 3 is 2.94 bits per heavy atom. The van der Waals surface area contributed by atoms with Gasteiger partial charge < -0.3 is 5.32 Å². The van der Waals surface area contributed by atoms with Crippen LogP contribution in [0.2, 0.25) is 0 Å². The lowest BCUT2D eigenvalue weighted by Gasteiger charge is -2.27. The van der Waals surface area contributed by atoms with Gasteiger partial charge in [-0.05, 0) is 18.9 Å². The third kappa shape index (κ3) is 2.64. The van der Waals surface area contributed by atoms with Gasteiger partial charge in [0, 0.05) is 24.1 Å². The Kier molecular flexibility index (Phi) is 3.63. The Bertz CT molecular complexity index is 377. The van der Waals surface area contributed by atoms with E-state index >= 15 is 0 Å². The van der Waals surface area contributed by atoms with Crippen LogP contribution < -0.4 is 5.32 Å². The minimum atomic E-state index is -0.0723. The van der Waals surface area contributed by atoms with Crippen LogP contribution in [-0.2, 0) is 7.05 Å². The zero-order valence-electron chi connectivity index (χ0n) is 9.32. The van der Waals surface area contributed by atoms with Gasteiger partial charge in [-0.3, -0.25) is 9.48 Å². The topological polar surface area (TPSA) is 46.9 Å². The summed E-state index contributed by atoms with van der Waals surface area (Å²) in [5, 5.41) is 7.13. The number of hydrogen-bond donors (Lipinski definition) is 1. The molecule has 1 saturated carbocycles. The molecule has 0 spiro atoms. The van der Waals surface area contributed by atoms with Crippen molar-refractivity contribution in [3.05, 3.63) is 18.0 Å². The molecule has 88 valence electrons. The molecule has 5 heteroatoms. The highest BCUT2D eigenvalue weighted by atomic mass is 79.9. The molecule has 1 aromatic rings. The van der Waals surface area contributed by atoms with Crippen molar-refractivity contribution in [2.75, 3.05) is 0 Å². The van der Waals surface area contributed by atoms with Gasteiger partial charge in [0.1, 0.15) is 5.69 Å². The monoisotopic (exact) mass is 285 g/mol. The summed E-state index contributed by atoms with van der Waals surface area (Å²) in [5.74, 6) is -0.0723. The fraction of sp³-hybridized carbons (Fsp3) is 0.636. The molecule has 1 aromatic heterocycles. The molecule has 1 fully saturated rings. The molecular weight excluding hydrogens is 270 g/mol. The third-order valence-electron chi connectivity index (χ3n) is 2.94. The lowest BCUT2D eigenvalue weighted by Crippen LogP contribution is -2.42. The van der Waals surface area contributed by atoms with Crippen LogP contribution in [0.15, 0.2) is 12.3 Å². The molecule has 16 heavy (non-hydrogen) atoms. The number of hydrogen-bond acceptors (Lipinski definition) is 2. The first-order valence-corrected chi connectivity index (χ1v) is 6.53. The van der Waals surface area contributed by atoms with Crippen molar-refractivity contribution in [2.24, 2.45) is 7.05 Å². The second-order valence-corrected chi connectivity index (χ2v) is 5.43. The number of alkyl halides is 1. The van der Waals surface area contributed by atoms with E-state index in [1.165, 1.54) is 12.8 Å². The summed E-state index contributed by atoms with van der Waals surface area (Å²) in [5.41, 5.74) is 0.493. The lowest BCUT2D eigenvalue weighted by atomic mass is 9.95. The normalized spacial score (nSPS) is 25.4. The molecule has 0 aliphatic heterocycles. The predicted molar refractivity (Wildman–Crippen MR) is 65.6 cm³/mol. The standard InChI is InChI=1S/C11H16BrN3O/c1-15-7-6-10(14-15)11(16)13-9-5-3-2-4-8(9)12/h6-9H,2-5H2,1H3,(H,13,16). The first-order valence-electron chi connectivity index (χ1n) is 5.61. The average molecular weight is 286 g/mol. The predicted octanol–water partition coefficient (Wildman–Crippen LogP) is 1.86. The van der Waals surface area contributed by atoms with Crippen LogP contribution in [0, 0.1) is 0 Å². The van der Waals surface area contributed by atoms with Crippen LogP contribution in [0.25, 0.3) is 0 Å². The Morgan fingerprint density at radius 1 is 1.56 bits per heavy atom. The minimum Gasteiger partial charge on any atom is -0.347 e. The molecule has 0 bridgehead atoms. The molecule has 1 aliphatic rings. The Hall–Kier alpha value is -0.840. The largest absolute Gasteiger partial charge is 0.347 e. The molecule has 2 atom stereocenters. The van der Waals surface area contributed by atoms with Crippen molar-refractivity contribution in [3.8, 4) is 0 Å². The first kappa shape index (κ1) is 11.6. The zero-order valence-corrected chi connectivity index (χ0v) is 10.9. The van der Waals surface area contributed by atoms with E-state index < -0.39 is 0 Å². The maximum Gasteiger partial charge on any atom is 0.272 e. The van der Waals surface area contributed by atoms with Gasteiger partial charge >= 0.3 is 0 Å². The van der Waals surface area contributed by atoms with Gasteiger partial charge in [0.05, 0.1) is 0 Å². The molecule has 0 aromatic carbocycles. The van der Waals surface area contributed by atoms with Crippen LogP contribution in [0.1, 0.15) is 36.2 Å². The van der Waals surface area contributed by atoms with Crippen LogP contribution in [0.4, 0.5) is 0 Å². The maximum atomic E-state index is 11.9. The highest BCUT2D eigenvalue weighted by Crippen LogP contribution is 2.24. The average Bonchev–Trinajstić information content (AvgIpc) is 2.68. The van der Waals surface area contributed by atoms with Gasteiger partial charge in [0.15, 0.2) is 0 Å². The molecule has 0 saturated heterocycles. The second kappa shape index (κ2) is 4.99. The van der Waals surface area contributed by atoms with Gasteiger partial charge in [-0.25, -0.2) is 0 Å². The zero-order chi connectivity index (χ0) is 11.5. The highest BCUT2D eigenvalue weighted by Gasteiger charge is 2.25. The SMILES string of the molecule is Cn1ccc(C(=O)NC2CCCCC2Br)n1. The highest BCUT2D eigenvalue weighted by molar-refractivity contribution is 9.09. The lowest BCUT2D eigenvalue weighted by molar-refractivity contribution is 0.0924. The van der Waals surface area contributed by atoms with Gasteiger partial charge in [0.25, 0.3) is 5.91 Å². The number of nitrogens with zero attached hydrogens (tertiary/aromatic N) is 2. The summed E-state index contributed by atoms with van der Waals surface area (Å²) >= 11 is 3.62. The number of halogens is 1. The van der Waals surface area contributed by atoms with Gasteiger partial charge in [0.2, 0.25) is 0 Å². The van der Waals surface area contributed by atoms with Gasteiger partial charge in [-0.2, -0.15) is 5.10 Å². The quantitative estimate of drug-likeness (QED) is 0.843. The Labute approximate surface area is 104 Å². The molecule has 1 N–H and O–H groups in total. The summed E-state index contributed by atoms with van der Waals surface area (Å²) in [6, 6.07) is 1.98. The van der Waals surface area contributed by atoms with Crippen molar-refractivity contribution in [1.29, 1.82) is 0 Å². The smallest absolute Gasteiger partial charge is 0.272 e. The van der Waals surface area contributed by atoms with Crippen molar-refractivity contribution < 1.29 is 4.79 Å². The number of amides is 1. The number of aromatic nitrogens is 2. The molecule has 0 radical (unpaired) electrons. The van der Waals surface area contributed by atoms with Gasteiger partial charge in [-0.1, -0.05) is 28.8 Å². The molecule has 1 amide bonds. The molecular formula is C11H16BrN3O. The van der Waals surface area contributed by atoms with Crippen molar-refractivity contribution in [1.82, 2.24) is 15.1 Å². The van der Waals surface area contributed by atoms with E-state index in [4.69, 9.17) is 0 Å². The molecule has 1 aliphatic carbocycles. The number of carbonyl (C=O) groups is 1. The summed E-state index contributed by atoms with van der Waals surface area (Å²) in [4.78, 5) is 12.3. The fourth-order valence-electron chi connectivity index (χ4n) is 2.03. The summed E-state index contributed by atoms with van der Waals surface area (Å²) < 4.78 is 1.64. The maximum absolute atomic E-state index is 11.9. The van der Waals surface area contributed by atoms with Crippen LogP contribution in [-0.4, -0.2) is 26.6 Å². The third-order valence-corrected chi connectivity index (χ3v) is 4.04. The van der Waals surface area contributed by atoms with Crippen molar-refractivity contribution in [2.45, 2.75) is 36.6 Å². The Morgan fingerprint density at radius 2 is 2.31 bits per heavy atom. The number of aryl methyl sites for hydroxylation is 1. The summed E-state index contributed by atoms with van der Waals surface area (Å²) in [6.45, 7) is 0. The van der Waals surface area contributed by atoms with E-state index in [0.717, 1.165) is 12.8 Å². The number of nitrogens with one attached hydrogen (secondary N) is 1. The van der Waals surface area contributed by atoms with E-state index in [1.54, 1.807) is 16.9 Å². The summed E-state index contributed by atoms with van der Waals surface area (Å²) in [6.07, 6.45) is 6.39. The van der Waals surface area contributed by atoms with E-state index in [2.05, 4.69) is 26.3 Å². The van der Waals surface area contributed by atoms with Crippen molar-refractivity contribution >= 4 is 21.8 Å².